The van der Waals surface area contributed by atoms with E-state index in [1.54, 1.807) is 30.3 Å². The predicted molar refractivity (Wildman–Crippen MR) is 127 cm³/mol. The van der Waals surface area contributed by atoms with Crippen LogP contribution in [0.15, 0.2) is 71.6 Å². The Balaban J connectivity index is 1.98. The number of amides is 1. The molecule has 0 fully saturated rings. The van der Waals surface area contributed by atoms with Gasteiger partial charge in [0.1, 0.15) is 16.7 Å². The number of alkyl halides is 3. The van der Waals surface area contributed by atoms with Crippen LogP contribution in [-0.2, 0) is 27.4 Å². The Kier molecular flexibility index (Phi) is 8.32. The lowest BCUT2D eigenvalue weighted by molar-refractivity contribution is -0.137. The molecule has 0 heterocycles. The lowest BCUT2D eigenvalue weighted by Gasteiger charge is -2.21. The highest BCUT2D eigenvalue weighted by Gasteiger charge is 2.35. The van der Waals surface area contributed by atoms with Crippen molar-refractivity contribution in [2.75, 3.05) is 12.4 Å². The van der Waals surface area contributed by atoms with Crippen molar-refractivity contribution in [1.82, 2.24) is 4.72 Å². The van der Waals surface area contributed by atoms with E-state index in [2.05, 4.69) is 10.0 Å². The van der Waals surface area contributed by atoms with Crippen LogP contribution in [0.4, 0.5) is 18.9 Å². The van der Waals surface area contributed by atoms with Crippen molar-refractivity contribution < 1.29 is 31.1 Å². The van der Waals surface area contributed by atoms with Gasteiger partial charge in [0.25, 0.3) is 0 Å². The van der Waals surface area contributed by atoms with Gasteiger partial charge in [-0.1, -0.05) is 53.5 Å². The number of carbonyl (C=O) groups is 1. The third-order valence-electron chi connectivity index (χ3n) is 4.86. The summed E-state index contributed by atoms with van der Waals surface area (Å²) in [6, 6.07) is 13.7. The van der Waals surface area contributed by atoms with Crippen LogP contribution in [-0.4, -0.2) is 27.5 Å². The minimum atomic E-state index is -4.81. The van der Waals surface area contributed by atoms with Gasteiger partial charge in [0.05, 0.1) is 18.4 Å². The van der Waals surface area contributed by atoms with E-state index in [-0.39, 0.29) is 27.1 Å². The molecule has 0 unspecified atom stereocenters. The topological polar surface area (TPSA) is 84.5 Å². The third-order valence-corrected chi connectivity index (χ3v) is 6.82. The molecule has 0 saturated heterocycles. The maximum Gasteiger partial charge on any atom is 0.418 e. The van der Waals surface area contributed by atoms with Gasteiger partial charge in [-0.15, -0.1) is 0 Å². The zero-order valence-corrected chi connectivity index (χ0v) is 20.4. The van der Waals surface area contributed by atoms with E-state index in [1.807, 2.05) is 0 Å². The highest BCUT2D eigenvalue weighted by atomic mass is 35.5. The molecule has 3 rings (SSSR count). The van der Waals surface area contributed by atoms with Crippen molar-refractivity contribution in [1.29, 1.82) is 0 Å². The summed E-state index contributed by atoms with van der Waals surface area (Å²) < 4.78 is 74.2. The van der Waals surface area contributed by atoms with Gasteiger partial charge in [-0.25, -0.2) is 8.42 Å². The lowest BCUT2D eigenvalue weighted by atomic mass is 10.1. The summed E-state index contributed by atoms with van der Waals surface area (Å²) in [4.78, 5) is 12.8. The van der Waals surface area contributed by atoms with Crippen LogP contribution in [0.2, 0.25) is 10.0 Å². The van der Waals surface area contributed by atoms with Crippen LogP contribution < -0.4 is 14.8 Å². The normalized spacial score (nSPS) is 12.7. The molecule has 0 aliphatic rings. The molecule has 1 amide bonds. The molecule has 35 heavy (non-hydrogen) atoms. The smallest absolute Gasteiger partial charge is 0.418 e. The Morgan fingerprint density at radius 1 is 1.00 bits per heavy atom. The molecule has 186 valence electrons. The summed E-state index contributed by atoms with van der Waals surface area (Å²) >= 11 is 11.6. The SMILES string of the molecule is COc1ccc(Cl)cc1S(=O)(=O)N[C@@H](Cc1ccccc1)C(=O)Nc1ccc(Cl)cc1C(F)(F)F. The average molecular weight is 547 g/mol. The van der Waals surface area contributed by atoms with Gasteiger partial charge in [0, 0.05) is 10.0 Å². The van der Waals surface area contributed by atoms with Crippen molar-refractivity contribution in [3.05, 3.63) is 87.9 Å². The van der Waals surface area contributed by atoms with E-state index in [0.29, 0.717) is 11.6 Å². The van der Waals surface area contributed by atoms with Crippen molar-refractivity contribution in [3.63, 3.8) is 0 Å². The summed E-state index contributed by atoms with van der Waals surface area (Å²) in [6.07, 6.45) is -4.96. The van der Waals surface area contributed by atoms with Gasteiger partial charge in [-0.05, 0) is 48.4 Å². The summed E-state index contributed by atoms with van der Waals surface area (Å²) in [5.74, 6) is -1.04. The molecule has 0 radical (unpaired) electrons. The van der Waals surface area contributed by atoms with Crippen molar-refractivity contribution in [2.45, 2.75) is 23.5 Å². The summed E-state index contributed by atoms with van der Waals surface area (Å²) in [7, 11) is -3.13. The fourth-order valence-corrected chi connectivity index (χ4v) is 5.03. The molecule has 1 atom stereocenters. The monoisotopic (exact) mass is 546 g/mol. The van der Waals surface area contributed by atoms with E-state index in [4.69, 9.17) is 27.9 Å². The maximum absolute atomic E-state index is 13.5. The van der Waals surface area contributed by atoms with Crippen LogP contribution in [0.1, 0.15) is 11.1 Å². The molecule has 0 aliphatic heterocycles. The van der Waals surface area contributed by atoms with Crippen LogP contribution in [0.25, 0.3) is 0 Å². The number of nitrogens with one attached hydrogen (secondary N) is 2. The number of sulfonamides is 1. The van der Waals surface area contributed by atoms with Gasteiger partial charge < -0.3 is 10.1 Å². The third kappa shape index (κ3) is 6.88. The molecular weight excluding hydrogens is 528 g/mol. The second-order valence-electron chi connectivity index (χ2n) is 7.34. The summed E-state index contributed by atoms with van der Waals surface area (Å²) in [5, 5.41) is 2.10. The van der Waals surface area contributed by atoms with Gasteiger partial charge in [0.2, 0.25) is 15.9 Å². The maximum atomic E-state index is 13.5. The fourth-order valence-electron chi connectivity index (χ4n) is 3.23. The quantitative estimate of drug-likeness (QED) is 0.388. The first-order valence-electron chi connectivity index (χ1n) is 9.98. The van der Waals surface area contributed by atoms with Crippen LogP contribution in [0.5, 0.6) is 5.75 Å². The van der Waals surface area contributed by atoms with E-state index in [1.165, 1.54) is 25.3 Å². The van der Waals surface area contributed by atoms with Crippen LogP contribution >= 0.6 is 23.2 Å². The number of hydrogen-bond acceptors (Lipinski definition) is 4. The van der Waals surface area contributed by atoms with E-state index in [0.717, 1.165) is 12.1 Å². The van der Waals surface area contributed by atoms with E-state index < -0.39 is 39.4 Å². The Bertz CT molecular complexity index is 1320. The zero-order valence-electron chi connectivity index (χ0n) is 18.1. The Hall–Kier alpha value is -2.79. The molecule has 3 aromatic carbocycles. The number of rotatable bonds is 8. The number of benzene rings is 3. The molecule has 0 spiro atoms. The number of halogens is 5. The van der Waals surface area contributed by atoms with Gasteiger partial charge in [-0.3, -0.25) is 4.79 Å². The summed E-state index contributed by atoms with van der Waals surface area (Å²) in [5.41, 5.74) is -1.17. The molecule has 6 nitrogen and oxygen atoms in total. The number of ether oxygens (including phenoxy) is 1. The first-order chi connectivity index (χ1) is 16.4. The van der Waals surface area contributed by atoms with Crippen molar-refractivity contribution in [3.8, 4) is 5.75 Å². The minimum absolute atomic E-state index is 0.0298. The summed E-state index contributed by atoms with van der Waals surface area (Å²) in [6.45, 7) is 0. The Labute approximate surface area is 210 Å². The zero-order chi connectivity index (χ0) is 25.8. The van der Waals surface area contributed by atoms with Crippen LogP contribution in [0, 0.1) is 0 Å². The molecule has 12 heteroatoms. The van der Waals surface area contributed by atoms with E-state index in [9.17, 15) is 26.4 Å². The predicted octanol–water partition coefficient (Wildman–Crippen LogP) is 5.55. The average Bonchev–Trinajstić information content (AvgIpc) is 2.79. The first kappa shape index (κ1) is 26.8. The second kappa shape index (κ2) is 10.9. The Morgan fingerprint density at radius 2 is 1.63 bits per heavy atom. The van der Waals surface area contributed by atoms with Gasteiger partial charge >= 0.3 is 6.18 Å². The largest absolute Gasteiger partial charge is 0.495 e. The lowest BCUT2D eigenvalue weighted by Crippen LogP contribution is -2.45. The van der Waals surface area contributed by atoms with Gasteiger partial charge in [-0.2, -0.15) is 17.9 Å². The molecule has 0 saturated carbocycles. The second-order valence-corrected chi connectivity index (χ2v) is 9.89. The first-order valence-corrected chi connectivity index (χ1v) is 12.2. The number of methoxy groups -OCH3 is 1. The number of carbonyl (C=O) groups excluding carboxylic acids is 1. The van der Waals surface area contributed by atoms with Crippen molar-refractivity contribution in [2.24, 2.45) is 0 Å². The van der Waals surface area contributed by atoms with Crippen molar-refractivity contribution >= 4 is 44.8 Å². The van der Waals surface area contributed by atoms with E-state index >= 15 is 0 Å². The Morgan fingerprint density at radius 3 is 2.26 bits per heavy atom. The van der Waals surface area contributed by atoms with Gasteiger partial charge in [0.15, 0.2) is 0 Å². The fraction of sp³-hybridized carbons (Fsp3) is 0.174. The number of anilines is 1. The molecule has 2 N–H and O–H groups in total. The molecular formula is C23H19Cl2F3N2O4S. The minimum Gasteiger partial charge on any atom is -0.495 e. The highest BCUT2D eigenvalue weighted by Crippen LogP contribution is 2.36. The van der Waals surface area contributed by atoms with Crippen LogP contribution in [0.3, 0.4) is 0 Å². The molecule has 0 aromatic heterocycles. The molecule has 3 aromatic rings. The highest BCUT2D eigenvalue weighted by molar-refractivity contribution is 7.89. The molecule has 0 bridgehead atoms. The number of hydrogen-bond donors (Lipinski definition) is 2. The standard InChI is InChI=1S/C23H19Cl2F3N2O4S/c1-34-20-10-8-16(25)13-21(20)35(32,33)30-19(11-14-5-3-2-4-6-14)22(31)29-18-9-7-15(24)12-17(18)23(26,27)28/h2-10,12-13,19,30H,11H2,1H3,(H,29,31)/t19-/m0/s1. The molecule has 0 aliphatic carbocycles.